The number of nitrogens with one attached hydrogen (secondary N) is 1. The highest BCUT2D eigenvalue weighted by molar-refractivity contribution is 6.34. The van der Waals surface area contributed by atoms with Gasteiger partial charge in [-0.25, -0.2) is 4.68 Å². The first-order chi connectivity index (χ1) is 15.6. The lowest BCUT2D eigenvalue weighted by Crippen LogP contribution is -2.16. The molecule has 4 rings (SSSR count). The van der Waals surface area contributed by atoms with Crippen molar-refractivity contribution in [2.75, 3.05) is 18.5 Å². The maximum absolute atomic E-state index is 13.1. The molecule has 2 heterocycles. The molecule has 33 heavy (non-hydrogen) atoms. The van der Waals surface area contributed by atoms with Crippen molar-refractivity contribution in [2.24, 2.45) is 0 Å². The molecule has 0 fully saturated rings. The molecule has 0 atom stereocenters. The third-order valence-corrected chi connectivity index (χ3v) is 5.62. The molecule has 1 aliphatic rings. The van der Waals surface area contributed by atoms with Crippen molar-refractivity contribution in [3.63, 3.8) is 0 Å². The number of amides is 1. The maximum atomic E-state index is 13.1. The lowest BCUT2D eigenvalue weighted by atomic mass is 10.1. The summed E-state index contributed by atoms with van der Waals surface area (Å²) < 4.78 is 51.9. The molecule has 0 bridgehead atoms. The first-order valence-electron chi connectivity index (χ1n) is 10.2. The van der Waals surface area contributed by atoms with Crippen molar-refractivity contribution in [1.29, 1.82) is 0 Å². The number of ether oxygens (including phenoxy) is 2. The Morgan fingerprint density at radius 1 is 1.15 bits per heavy atom. The van der Waals surface area contributed by atoms with Crippen LogP contribution in [0.3, 0.4) is 0 Å². The molecule has 0 aliphatic carbocycles. The monoisotopic (exact) mass is 479 g/mol. The Hall–Kier alpha value is -3.20. The van der Waals surface area contributed by atoms with Gasteiger partial charge in [0.15, 0.2) is 11.5 Å². The standard InChI is InChI=1S/C23H21ClF3N3O3/c1-13-17(14(2)30(29-13)16-6-3-5-15(9-16)23(25,26)27)10-22(31)28-19-12-21-20(11-18(19)24)32-7-4-8-33-21/h3,5-6,9,11-12H,4,7-8,10H2,1-2H3,(H,28,31). The van der Waals surface area contributed by atoms with Gasteiger partial charge in [0, 0.05) is 29.8 Å². The van der Waals surface area contributed by atoms with Gasteiger partial charge in [0.1, 0.15) is 0 Å². The average Bonchev–Trinajstić information content (AvgIpc) is 2.91. The van der Waals surface area contributed by atoms with Crippen LogP contribution in [-0.2, 0) is 17.4 Å². The summed E-state index contributed by atoms with van der Waals surface area (Å²) in [6.07, 6.45) is -3.75. The molecule has 0 unspecified atom stereocenters. The fourth-order valence-corrected chi connectivity index (χ4v) is 3.83. The number of alkyl halides is 3. The number of carbonyl (C=O) groups is 1. The predicted octanol–water partition coefficient (Wildman–Crippen LogP) is 5.50. The van der Waals surface area contributed by atoms with Crippen molar-refractivity contribution in [3.05, 3.63) is 63.9 Å². The number of aromatic nitrogens is 2. The van der Waals surface area contributed by atoms with Gasteiger partial charge in [-0.15, -0.1) is 0 Å². The Morgan fingerprint density at radius 3 is 2.55 bits per heavy atom. The molecule has 0 saturated heterocycles. The van der Waals surface area contributed by atoms with Gasteiger partial charge in [0.25, 0.3) is 0 Å². The summed E-state index contributed by atoms with van der Waals surface area (Å²) in [6.45, 7) is 4.43. The molecule has 0 spiro atoms. The zero-order valence-corrected chi connectivity index (χ0v) is 18.7. The van der Waals surface area contributed by atoms with Crippen molar-refractivity contribution in [3.8, 4) is 17.2 Å². The molecule has 1 aliphatic heterocycles. The van der Waals surface area contributed by atoms with Crippen LogP contribution in [0.25, 0.3) is 5.69 Å². The number of carbonyl (C=O) groups excluding carboxylic acids is 1. The van der Waals surface area contributed by atoms with Gasteiger partial charge in [0.05, 0.1) is 47.3 Å². The fourth-order valence-electron chi connectivity index (χ4n) is 3.63. The van der Waals surface area contributed by atoms with E-state index >= 15 is 0 Å². The Bertz CT molecular complexity index is 1210. The fraction of sp³-hybridized carbons (Fsp3) is 0.304. The molecule has 0 saturated carbocycles. The van der Waals surface area contributed by atoms with E-state index in [0.717, 1.165) is 18.6 Å². The van der Waals surface area contributed by atoms with Crippen LogP contribution in [0.2, 0.25) is 5.02 Å². The second kappa shape index (κ2) is 8.97. The number of benzene rings is 2. The van der Waals surface area contributed by atoms with Crippen molar-refractivity contribution in [2.45, 2.75) is 32.9 Å². The summed E-state index contributed by atoms with van der Waals surface area (Å²) in [6, 6.07) is 8.11. The summed E-state index contributed by atoms with van der Waals surface area (Å²) in [5.41, 5.74) is 1.62. The van der Waals surface area contributed by atoms with E-state index in [-0.39, 0.29) is 18.0 Å². The van der Waals surface area contributed by atoms with Crippen LogP contribution in [-0.4, -0.2) is 28.9 Å². The van der Waals surface area contributed by atoms with Gasteiger partial charge in [-0.2, -0.15) is 18.3 Å². The van der Waals surface area contributed by atoms with E-state index in [4.69, 9.17) is 21.1 Å². The van der Waals surface area contributed by atoms with Crippen molar-refractivity contribution < 1.29 is 27.4 Å². The Kier molecular flexibility index (Phi) is 6.25. The predicted molar refractivity (Wildman–Crippen MR) is 117 cm³/mol. The van der Waals surface area contributed by atoms with Crippen LogP contribution < -0.4 is 14.8 Å². The Balaban J connectivity index is 1.55. The second-order valence-electron chi connectivity index (χ2n) is 7.66. The molecule has 0 radical (unpaired) electrons. The van der Waals surface area contributed by atoms with Gasteiger partial charge in [-0.1, -0.05) is 17.7 Å². The number of halogens is 4. The highest BCUT2D eigenvalue weighted by Crippen LogP contribution is 2.38. The molecule has 6 nitrogen and oxygen atoms in total. The largest absolute Gasteiger partial charge is 0.490 e. The molecule has 2 aromatic carbocycles. The molecule has 10 heteroatoms. The number of fused-ring (bicyclic) bond motifs is 1. The summed E-state index contributed by atoms with van der Waals surface area (Å²) in [4.78, 5) is 12.8. The Labute approximate surface area is 193 Å². The Morgan fingerprint density at radius 2 is 1.85 bits per heavy atom. The lowest BCUT2D eigenvalue weighted by Gasteiger charge is -2.13. The van der Waals surface area contributed by atoms with Crippen molar-refractivity contribution >= 4 is 23.2 Å². The van der Waals surface area contributed by atoms with Crippen molar-refractivity contribution in [1.82, 2.24) is 9.78 Å². The van der Waals surface area contributed by atoms with E-state index in [2.05, 4.69) is 10.4 Å². The van der Waals surface area contributed by atoms with Gasteiger partial charge >= 0.3 is 6.18 Å². The lowest BCUT2D eigenvalue weighted by molar-refractivity contribution is -0.137. The summed E-state index contributed by atoms with van der Waals surface area (Å²) >= 11 is 6.30. The third kappa shape index (κ3) is 4.93. The van der Waals surface area contributed by atoms with Crippen LogP contribution in [0.15, 0.2) is 36.4 Å². The molecule has 1 amide bonds. The van der Waals surface area contributed by atoms with E-state index in [1.54, 1.807) is 26.0 Å². The maximum Gasteiger partial charge on any atom is 0.416 e. The van der Waals surface area contributed by atoms with Gasteiger partial charge in [0.2, 0.25) is 5.91 Å². The number of hydrogen-bond acceptors (Lipinski definition) is 4. The van der Waals surface area contributed by atoms with Gasteiger partial charge < -0.3 is 14.8 Å². The zero-order valence-electron chi connectivity index (χ0n) is 17.9. The van der Waals surface area contributed by atoms with E-state index in [1.807, 2.05) is 0 Å². The van der Waals surface area contributed by atoms with E-state index in [0.29, 0.717) is 52.4 Å². The minimum atomic E-state index is -4.46. The SMILES string of the molecule is Cc1nn(-c2cccc(C(F)(F)F)c2)c(C)c1CC(=O)Nc1cc2c(cc1Cl)OCCCO2. The van der Waals surface area contributed by atoms with E-state index in [1.165, 1.54) is 16.8 Å². The van der Waals surface area contributed by atoms with Crippen LogP contribution in [0.4, 0.5) is 18.9 Å². The summed E-state index contributed by atoms with van der Waals surface area (Å²) in [5, 5.41) is 7.43. The first kappa shape index (κ1) is 23.0. The molecular weight excluding hydrogens is 459 g/mol. The topological polar surface area (TPSA) is 65.4 Å². The van der Waals surface area contributed by atoms with Crippen LogP contribution in [0.1, 0.15) is 28.9 Å². The third-order valence-electron chi connectivity index (χ3n) is 5.31. The number of hydrogen-bond donors (Lipinski definition) is 1. The quantitative estimate of drug-likeness (QED) is 0.536. The van der Waals surface area contributed by atoms with E-state index < -0.39 is 11.7 Å². The van der Waals surface area contributed by atoms with Gasteiger partial charge in [-0.05, 0) is 32.0 Å². The number of aryl methyl sites for hydroxylation is 1. The molecule has 174 valence electrons. The molecule has 1 N–H and O–H groups in total. The highest BCUT2D eigenvalue weighted by atomic mass is 35.5. The summed E-state index contributed by atoms with van der Waals surface area (Å²) in [7, 11) is 0. The first-order valence-corrected chi connectivity index (χ1v) is 10.6. The molecular formula is C23H21ClF3N3O3. The van der Waals surface area contributed by atoms with Gasteiger partial charge in [-0.3, -0.25) is 4.79 Å². The minimum Gasteiger partial charge on any atom is -0.490 e. The average molecular weight is 480 g/mol. The number of rotatable bonds is 4. The minimum absolute atomic E-state index is 0.0264. The normalized spacial score (nSPS) is 13.5. The number of anilines is 1. The zero-order chi connectivity index (χ0) is 23.8. The summed E-state index contributed by atoms with van der Waals surface area (Å²) in [5.74, 6) is 0.669. The smallest absolute Gasteiger partial charge is 0.416 e. The van der Waals surface area contributed by atoms with Crippen LogP contribution in [0, 0.1) is 13.8 Å². The second-order valence-corrected chi connectivity index (χ2v) is 8.07. The van der Waals surface area contributed by atoms with Crippen LogP contribution in [0.5, 0.6) is 11.5 Å². The van der Waals surface area contributed by atoms with Crippen LogP contribution >= 0.6 is 11.6 Å². The highest BCUT2D eigenvalue weighted by Gasteiger charge is 2.31. The number of nitrogens with zero attached hydrogens (tertiary/aromatic N) is 2. The van der Waals surface area contributed by atoms with E-state index in [9.17, 15) is 18.0 Å². The molecule has 1 aromatic heterocycles. The molecule has 3 aromatic rings.